The summed E-state index contributed by atoms with van der Waals surface area (Å²) in [5.74, 6) is 1.76. The third kappa shape index (κ3) is 2.77. The standard InChI is InChI=1S/C13H20N4O2/c1-9(2)11-5-4-6-16(11)13-8-10(17(18)19)7-12(14-3)15-13/h7-9,11H,4-6H2,1-3H3,(H,14,15). The van der Waals surface area contributed by atoms with Gasteiger partial charge in [0.2, 0.25) is 0 Å². The van der Waals surface area contributed by atoms with Gasteiger partial charge in [-0.1, -0.05) is 13.8 Å². The molecule has 0 aromatic carbocycles. The molecule has 1 aromatic heterocycles. The summed E-state index contributed by atoms with van der Waals surface area (Å²) in [6, 6.07) is 3.45. The van der Waals surface area contributed by atoms with Crippen LogP contribution in [-0.4, -0.2) is 29.5 Å². The van der Waals surface area contributed by atoms with E-state index in [1.54, 1.807) is 13.1 Å². The molecule has 2 rings (SSSR count). The zero-order valence-corrected chi connectivity index (χ0v) is 11.6. The van der Waals surface area contributed by atoms with Gasteiger partial charge in [-0.3, -0.25) is 10.1 Å². The summed E-state index contributed by atoms with van der Waals surface area (Å²) in [6.45, 7) is 5.28. The van der Waals surface area contributed by atoms with Gasteiger partial charge in [-0.05, 0) is 18.8 Å². The summed E-state index contributed by atoms with van der Waals surface area (Å²) in [4.78, 5) is 17.3. The molecule has 0 saturated carbocycles. The molecule has 1 aromatic rings. The van der Waals surface area contributed by atoms with Crippen molar-refractivity contribution in [3.8, 4) is 0 Å². The van der Waals surface area contributed by atoms with E-state index in [0.29, 0.717) is 23.6 Å². The monoisotopic (exact) mass is 264 g/mol. The molecule has 104 valence electrons. The molecular formula is C13H20N4O2. The summed E-state index contributed by atoms with van der Waals surface area (Å²) in [6.07, 6.45) is 2.24. The van der Waals surface area contributed by atoms with Crippen LogP contribution in [0.3, 0.4) is 0 Å². The average Bonchev–Trinajstić information content (AvgIpc) is 2.87. The molecule has 0 amide bonds. The van der Waals surface area contributed by atoms with Crippen LogP contribution in [0.2, 0.25) is 0 Å². The molecule has 6 heteroatoms. The van der Waals surface area contributed by atoms with Crippen molar-refractivity contribution in [2.45, 2.75) is 32.7 Å². The minimum Gasteiger partial charge on any atom is -0.373 e. The topological polar surface area (TPSA) is 71.3 Å². The van der Waals surface area contributed by atoms with Gasteiger partial charge in [0.15, 0.2) is 0 Å². The maximum atomic E-state index is 11.0. The third-order valence-electron chi connectivity index (χ3n) is 3.63. The smallest absolute Gasteiger partial charge is 0.276 e. The third-order valence-corrected chi connectivity index (χ3v) is 3.63. The molecule has 1 saturated heterocycles. The average molecular weight is 264 g/mol. The molecule has 0 spiro atoms. The van der Waals surface area contributed by atoms with E-state index in [9.17, 15) is 10.1 Å². The van der Waals surface area contributed by atoms with Crippen molar-refractivity contribution in [2.75, 3.05) is 23.8 Å². The number of hydrogen-bond acceptors (Lipinski definition) is 5. The first-order valence-electron chi connectivity index (χ1n) is 6.63. The van der Waals surface area contributed by atoms with Gasteiger partial charge in [0.1, 0.15) is 11.6 Å². The fraction of sp³-hybridized carbons (Fsp3) is 0.615. The summed E-state index contributed by atoms with van der Waals surface area (Å²) < 4.78 is 0. The number of aromatic nitrogens is 1. The lowest BCUT2D eigenvalue weighted by molar-refractivity contribution is -0.384. The van der Waals surface area contributed by atoms with Crippen molar-refractivity contribution in [1.29, 1.82) is 0 Å². The van der Waals surface area contributed by atoms with Crippen molar-refractivity contribution < 1.29 is 4.92 Å². The van der Waals surface area contributed by atoms with Gasteiger partial charge in [0, 0.05) is 19.6 Å². The number of pyridine rings is 1. The minimum atomic E-state index is -0.369. The van der Waals surface area contributed by atoms with Crippen LogP contribution in [-0.2, 0) is 0 Å². The summed E-state index contributed by atoms with van der Waals surface area (Å²) in [5.41, 5.74) is 0.0868. The first-order chi connectivity index (χ1) is 9.02. The normalized spacial score (nSPS) is 18.9. The minimum absolute atomic E-state index is 0.0868. The van der Waals surface area contributed by atoms with E-state index < -0.39 is 0 Å². The molecule has 1 aliphatic heterocycles. The van der Waals surface area contributed by atoms with Crippen LogP contribution in [0.4, 0.5) is 17.3 Å². The number of anilines is 2. The molecule has 19 heavy (non-hydrogen) atoms. The van der Waals surface area contributed by atoms with E-state index in [1.165, 1.54) is 6.07 Å². The van der Waals surface area contributed by atoms with Crippen molar-refractivity contribution in [3.05, 3.63) is 22.2 Å². The summed E-state index contributed by atoms with van der Waals surface area (Å²) >= 11 is 0. The number of hydrogen-bond donors (Lipinski definition) is 1. The molecular weight excluding hydrogens is 244 g/mol. The Hall–Kier alpha value is -1.85. The zero-order chi connectivity index (χ0) is 14.0. The molecule has 1 N–H and O–H groups in total. The number of rotatable bonds is 4. The van der Waals surface area contributed by atoms with Crippen molar-refractivity contribution in [2.24, 2.45) is 5.92 Å². The fourth-order valence-corrected chi connectivity index (χ4v) is 2.65. The van der Waals surface area contributed by atoms with Crippen molar-refractivity contribution in [1.82, 2.24) is 4.98 Å². The van der Waals surface area contributed by atoms with Crippen LogP contribution >= 0.6 is 0 Å². The largest absolute Gasteiger partial charge is 0.373 e. The Labute approximate surface area is 113 Å². The van der Waals surface area contributed by atoms with E-state index in [1.807, 2.05) is 0 Å². The van der Waals surface area contributed by atoms with Gasteiger partial charge in [0.05, 0.1) is 17.1 Å². The molecule has 1 atom stereocenters. The SMILES string of the molecule is CNc1cc([N+](=O)[O-])cc(N2CCCC2C(C)C)n1. The Morgan fingerprint density at radius 3 is 2.84 bits per heavy atom. The highest BCUT2D eigenvalue weighted by atomic mass is 16.6. The Balaban J connectivity index is 2.38. The highest BCUT2D eigenvalue weighted by molar-refractivity contribution is 5.56. The Kier molecular flexibility index (Phi) is 3.87. The lowest BCUT2D eigenvalue weighted by atomic mass is 10.0. The number of nitrogens with one attached hydrogen (secondary N) is 1. The predicted octanol–water partition coefficient (Wildman–Crippen LogP) is 2.66. The maximum Gasteiger partial charge on any atom is 0.276 e. The highest BCUT2D eigenvalue weighted by Crippen LogP contribution is 2.31. The van der Waals surface area contributed by atoms with Crippen LogP contribution in [0.15, 0.2) is 12.1 Å². The van der Waals surface area contributed by atoms with Gasteiger partial charge in [-0.25, -0.2) is 4.98 Å². The zero-order valence-electron chi connectivity index (χ0n) is 11.6. The van der Waals surface area contributed by atoms with Crippen molar-refractivity contribution >= 4 is 17.3 Å². The van der Waals surface area contributed by atoms with E-state index in [-0.39, 0.29) is 10.6 Å². The van der Waals surface area contributed by atoms with Crippen LogP contribution in [0, 0.1) is 16.0 Å². The summed E-state index contributed by atoms with van der Waals surface area (Å²) in [7, 11) is 1.72. The molecule has 6 nitrogen and oxygen atoms in total. The van der Waals surface area contributed by atoms with E-state index in [0.717, 1.165) is 19.4 Å². The van der Waals surface area contributed by atoms with Crippen molar-refractivity contribution in [3.63, 3.8) is 0 Å². The Morgan fingerprint density at radius 2 is 2.26 bits per heavy atom. The predicted molar refractivity (Wildman–Crippen MR) is 75.6 cm³/mol. The quantitative estimate of drug-likeness (QED) is 0.668. The van der Waals surface area contributed by atoms with E-state index in [4.69, 9.17) is 0 Å². The Bertz CT molecular complexity index is 476. The second-order valence-electron chi connectivity index (χ2n) is 5.22. The number of nitrogens with zero attached hydrogens (tertiary/aromatic N) is 3. The molecule has 1 fully saturated rings. The maximum absolute atomic E-state index is 11.0. The van der Waals surface area contributed by atoms with E-state index >= 15 is 0 Å². The van der Waals surface area contributed by atoms with Crippen LogP contribution in [0.1, 0.15) is 26.7 Å². The van der Waals surface area contributed by atoms with Gasteiger partial charge in [-0.15, -0.1) is 0 Å². The molecule has 0 aliphatic carbocycles. The molecule has 0 bridgehead atoms. The number of nitro groups is 1. The van der Waals surface area contributed by atoms with Gasteiger partial charge in [0.25, 0.3) is 5.69 Å². The molecule has 0 radical (unpaired) electrons. The Morgan fingerprint density at radius 1 is 1.53 bits per heavy atom. The van der Waals surface area contributed by atoms with Gasteiger partial charge in [-0.2, -0.15) is 0 Å². The molecule has 2 heterocycles. The second-order valence-corrected chi connectivity index (χ2v) is 5.22. The molecule has 1 unspecified atom stereocenters. The fourth-order valence-electron chi connectivity index (χ4n) is 2.65. The highest BCUT2D eigenvalue weighted by Gasteiger charge is 2.29. The van der Waals surface area contributed by atoms with Gasteiger partial charge >= 0.3 is 0 Å². The van der Waals surface area contributed by atoms with Crippen LogP contribution < -0.4 is 10.2 Å². The van der Waals surface area contributed by atoms with E-state index in [2.05, 4.69) is 29.0 Å². The summed E-state index contributed by atoms with van der Waals surface area (Å²) in [5, 5.41) is 13.9. The lowest BCUT2D eigenvalue weighted by Crippen LogP contribution is -2.34. The first kappa shape index (κ1) is 13.6. The lowest BCUT2D eigenvalue weighted by Gasteiger charge is -2.28. The first-order valence-corrected chi connectivity index (χ1v) is 6.63. The molecule has 1 aliphatic rings. The van der Waals surface area contributed by atoms with Gasteiger partial charge < -0.3 is 10.2 Å². The van der Waals surface area contributed by atoms with Crippen LogP contribution in [0.25, 0.3) is 0 Å². The van der Waals surface area contributed by atoms with Crippen LogP contribution in [0.5, 0.6) is 0 Å². The second kappa shape index (κ2) is 5.42.